The van der Waals surface area contributed by atoms with Crippen LogP contribution in [0.4, 0.5) is 4.79 Å². The molecule has 0 spiro atoms. The molecule has 5 nitrogen and oxygen atoms in total. The molecule has 24 heavy (non-hydrogen) atoms. The van der Waals surface area contributed by atoms with E-state index in [-0.39, 0.29) is 6.09 Å². The molecular weight excluding hydrogens is 441 g/mol. The molecule has 2 aromatic rings. The Bertz CT molecular complexity index is 795. The van der Waals surface area contributed by atoms with Crippen molar-refractivity contribution in [3.63, 3.8) is 0 Å². The van der Waals surface area contributed by atoms with Gasteiger partial charge in [-0.2, -0.15) is 0 Å². The van der Waals surface area contributed by atoms with Gasteiger partial charge in [0.1, 0.15) is 0 Å². The van der Waals surface area contributed by atoms with Crippen LogP contribution >= 0.6 is 11.6 Å². The zero-order chi connectivity index (χ0) is 17.5. The molecule has 1 aliphatic rings. The number of carbonyl (C=O) groups excluding carboxylic acids is 1. The normalized spacial score (nSPS) is 14.7. The van der Waals surface area contributed by atoms with Crippen molar-refractivity contribution in [3.8, 4) is 0 Å². The van der Waals surface area contributed by atoms with Gasteiger partial charge in [-0.3, -0.25) is 0 Å². The molecule has 0 bridgehead atoms. The molecule has 0 radical (unpaired) electrons. The molecule has 0 saturated heterocycles. The fraction of sp³-hybridized carbons (Fsp3) is 0.529. The first-order valence-corrected chi connectivity index (χ1v) is 10.6. The van der Waals surface area contributed by atoms with E-state index in [4.69, 9.17) is 16.3 Å². The molecule has 2 heterocycles. The molecule has 1 aliphatic carbocycles. The van der Waals surface area contributed by atoms with E-state index < -0.39 is 27.1 Å². The number of rotatable bonds is 2. The van der Waals surface area contributed by atoms with Gasteiger partial charge in [-0.25, -0.2) is 0 Å². The number of nitrogens with zero attached hydrogens (tertiary/aromatic N) is 1. The van der Waals surface area contributed by atoms with E-state index >= 15 is 0 Å². The van der Waals surface area contributed by atoms with Gasteiger partial charge < -0.3 is 0 Å². The third kappa shape index (κ3) is 3.64. The van der Waals surface area contributed by atoms with Crippen LogP contribution in [0.15, 0.2) is 0 Å². The van der Waals surface area contributed by atoms with Gasteiger partial charge in [0.2, 0.25) is 0 Å². The molecule has 2 N–H and O–H groups in total. The average Bonchev–Trinajstić information content (AvgIpc) is 2.85. The molecule has 0 aliphatic heterocycles. The fourth-order valence-corrected chi connectivity index (χ4v) is 5.26. The van der Waals surface area contributed by atoms with Crippen LogP contribution in [0, 0.1) is 10.5 Å². The van der Waals surface area contributed by atoms with Crippen molar-refractivity contribution in [2.45, 2.75) is 59.0 Å². The van der Waals surface area contributed by atoms with Crippen molar-refractivity contribution in [1.29, 1.82) is 0 Å². The van der Waals surface area contributed by atoms with E-state index in [1.807, 2.05) is 27.7 Å². The second-order valence-electron chi connectivity index (χ2n) is 7.03. The SMILES string of the molecule is Cc1nc(Cl)c2[nH]c3c(c2c1[I-]NC(=O)OC(C)(C)C)CCCC3. The van der Waals surface area contributed by atoms with Crippen LogP contribution in [0.2, 0.25) is 5.15 Å². The van der Waals surface area contributed by atoms with Crippen molar-refractivity contribution >= 4 is 28.6 Å². The molecule has 7 heteroatoms. The Morgan fingerprint density at radius 1 is 1.33 bits per heavy atom. The first-order valence-electron chi connectivity index (χ1n) is 8.08. The summed E-state index contributed by atoms with van der Waals surface area (Å²) in [4.78, 5) is 19.9. The van der Waals surface area contributed by atoms with Crippen LogP contribution in [0.1, 0.15) is 50.6 Å². The molecule has 2 aromatic heterocycles. The van der Waals surface area contributed by atoms with Gasteiger partial charge in [0, 0.05) is 0 Å². The summed E-state index contributed by atoms with van der Waals surface area (Å²) in [5.41, 5.74) is 3.93. The van der Waals surface area contributed by atoms with E-state index in [2.05, 4.69) is 13.5 Å². The topological polar surface area (TPSA) is 67.0 Å². The Morgan fingerprint density at radius 2 is 2.04 bits per heavy atom. The molecular formula is C17H22ClIN3O2-. The van der Waals surface area contributed by atoms with Gasteiger partial charge in [-0.15, -0.1) is 0 Å². The maximum absolute atomic E-state index is 12.0. The summed E-state index contributed by atoms with van der Waals surface area (Å²) in [5.74, 6) is 0. The number of amides is 1. The Hall–Kier alpha value is -1.02. The van der Waals surface area contributed by atoms with Gasteiger partial charge in [-0.05, 0) is 0 Å². The van der Waals surface area contributed by atoms with E-state index in [1.54, 1.807) is 0 Å². The second-order valence-corrected chi connectivity index (χ2v) is 9.55. The predicted octanol–water partition coefficient (Wildman–Crippen LogP) is 1.10. The summed E-state index contributed by atoms with van der Waals surface area (Å²) in [6.07, 6.45) is 4.12. The van der Waals surface area contributed by atoms with Crippen LogP contribution in [0.25, 0.3) is 10.9 Å². The summed E-state index contributed by atoms with van der Waals surface area (Å²) >= 11 is 5.60. The summed E-state index contributed by atoms with van der Waals surface area (Å²) in [6.45, 7) is 7.54. The summed E-state index contributed by atoms with van der Waals surface area (Å²) in [5, 5.41) is 1.69. The average molecular weight is 463 g/mol. The number of H-pyrrole nitrogens is 1. The molecule has 0 atom stereocenters. The standard InChI is InChI=1S/C17H22ClIN3O2/c1-9-13(19-22-16(23)24-17(2,3)4)12-10-7-5-6-8-11(10)21-14(12)15(18)20-9/h21H,5-8H2,1-4H3,(H,22,23)/q-1. The van der Waals surface area contributed by atoms with Crippen LogP contribution in [0.5, 0.6) is 0 Å². The quantitative estimate of drug-likeness (QED) is 0.399. The first-order chi connectivity index (χ1) is 11.3. The third-order valence-electron chi connectivity index (χ3n) is 3.92. The minimum absolute atomic E-state index is 0.373. The predicted molar refractivity (Wildman–Crippen MR) is 90.5 cm³/mol. The number of carbonyl (C=O) groups is 1. The van der Waals surface area contributed by atoms with Crippen LogP contribution < -0.4 is 25.0 Å². The van der Waals surface area contributed by atoms with E-state index in [1.165, 1.54) is 29.5 Å². The number of aromatic nitrogens is 2. The Labute approximate surface area is 157 Å². The maximum atomic E-state index is 12.0. The van der Waals surface area contributed by atoms with Crippen molar-refractivity contribution in [2.24, 2.45) is 0 Å². The van der Waals surface area contributed by atoms with Crippen molar-refractivity contribution in [2.75, 3.05) is 0 Å². The second kappa shape index (κ2) is 6.71. The minimum atomic E-state index is -0.761. The van der Waals surface area contributed by atoms with Gasteiger partial charge in [-0.1, -0.05) is 0 Å². The summed E-state index contributed by atoms with van der Waals surface area (Å²) < 4.78 is 9.43. The number of ether oxygens (including phenoxy) is 1. The number of aryl methyl sites for hydroxylation is 3. The van der Waals surface area contributed by atoms with Gasteiger partial charge in [0.15, 0.2) is 0 Å². The number of halogens is 2. The molecule has 1 amide bonds. The molecule has 3 rings (SSSR count). The van der Waals surface area contributed by atoms with Crippen LogP contribution in [-0.4, -0.2) is 21.7 Å². The molecule has 0 saturated carbocycles. The van der Waals surface area contributed by atoms with Crippen LogP contribution in [-0.2, 0) is 17.6 Å². The third-order valence-corrected chi connectivity index (χ3v) is 6.77. The van der Waals surface area contributed by atoms with Gasteiger partial charge in [0.25, 0.3) is 0 Å². The summed E-state index contributed by atoms with van der Waals surface area (Å²) in [6, 6.07) is 0. The number of hydrogen-bond acceptors (Lipinski definition) is 3. The Morgan fingerprint density at radius 3 is 2.75 bits per heavy atom. The fourth-order valence-electron chi connectivity index (χ4n) is 3.01. The first kappa shape index (κ1) is 17.8. The number of pyridine rings is 1. The van der Waals surface area contributed by atoms with Gasteiger partial charge >= 0.3 is 158 Å². The zero-order valence-electron chi connectivity index (χ0n) is 14.3. The van der Waals surface area contributed by atoms with E-state index in [0.29, 0.717) is 5.15 Å². The molecule has 0 unspecified atom stereocenters. The number of fused-ring (bicyclic) bond motifs is 3. The van der Waals surface area contributed by atoms with Crippen LogP contribution in [0.3, 0.4) is 0 Å². The summed E-state index contributed by atoms with van der Waals surface area (Å²) in [7, 11) is 0. The number of hydrogen-bond donors (Lipinski definition) is 2. The molecule has 0 fully saturated rings. The zero-order valence-corrected chi connectivity index (χ0v) is 17.3. The molecule has 132 valence electrons. The Kier molecular flexibility index (Phi) is 4.97. The monoisotopic (exact) mass is 462 g/mol. The van der Waals surface area contributed by atoms with E-state index in [9.17, 15) is 4.79 Å². The van der Waals surface area contributed by atoms with Gasteiger partial charge in [0.05, 0.1) is 0 Å². The van der Waals surface area contributed by atoms with Crippen molar-refractivity contribution in [3.05, 3.63) is 25.7 Å². The van der Waals surface area contributed by atoms with Crippen molar-refractivity contribution < 1.29 is 31.0 Å². The Balaban J connectivity index is 1.95. The van der Waals surface area contributed by atoms with Crippen molar-refractivity contribution in [1.82, 2.24) is 13.5 Å². The van der Waals surface area contributed by atoms with E-state index in [0.717, 1.165) is 27.6 Å². The number of nitrogens with one attached hydrogen (secondary N) is 2. The molecule has 0 aromatic carbocycles. The number of aromatic amines is 1.